The van der Waals surface area contributed by atoms with E-state index in [4.69, 9.17) is 0 Å². The van der Waals surface area contributed by atoms with Gasteiger partial charge in [0.15, 0.2) is 0 Å². The molecule has 0 aliphatic heterocycles. The summed E-state index contributed by atoms with van der Waals surface area (Å²) < 4.78 is 0. The smallest absolute Gasteiger partial charge is 0.239 e. The lowest BCUT2D eigenvalue weighted by molar-refractivity contribution is -0.133. The van der Waals surface area contributed by atoms with E-state index in [2.05, 4.69) is 10.6 Å². The minimum Gasteiger partial charge on any atom is -0.358 e. The van der Waals surface area contributed by atoms with E-state index in [9.17, 15) is 9.59 Å². The molecule has 0 heterocycles. The summed E-state index contributed by atoms with van der Waals surface area (Å²) in [5.41, 5.74) is 0. The number of hydrogen-bond donors (Lipinski definition) is 2. The van der Waals surface area contributed by atoms with Crippen molar-refractivity contribution in [2.45, 2.75) is 12.8 Å². The summed E-state index contributed by atoms with van der Waals surface area (Å²) in [6, 6.07) is 0. The van der Waals surface area contributed by atoms with Crippen molar-refractivity contribution in [1.82, 2.24) is 15.5 Å². The number of carbonyl (C=O) groups is 2. The van der Waals surface area contributed by atoms with Gasteiger partial charge < -0.3 is 15.5 Å². The summed E-state index contributed by atoms with van der Waals surface area (Å²) >= 11 is 0. The normalized spacial score (nSPS) is 14.8. The second kappa shape index (κ2) is 5.70. The summed E-state index contributed by atoms with van der Waals surface area (Å²) in [5.74, 6) is 0.578. The Bertz CT molecular complexity index is 239. The molecule has 1 saturated carbocycles. The van der Waals surface area contributed by atoms with Crippen LogP contribution < -0.4 is 10.6 Å². The first-order valence-electron chi connectivity index (χ1n) is 5.28. The van der Waals surface area contributed by atoms with E-state index in [1.54, 1.807) is 14.1 Å². The Morgan fingerprint density at radius 1 is 1.40 bits per heavy atom. The van der Waals surface area contributed by atoms with Gasteiger partial charge in [-0.1, -0.05) is 0 Å². The lowest BCUT2D eigenvalue weighted by Crippen LogP contribution is -2.41. The van der Waals surface area contributed by atoms with Gasteiger partial charge >= 0.3 is 0 Å². The van der Waals surface area contributed by atoms with Crippen LogP contribution in [0.5, 0.6) is 0 Å². The van der Waals surface area contributed by atoms with Gasteiger partial charge in [-0.25, -0.2) is 0 Å². The van der Waals surface area contributed by atoms with Crippen LogP contribution >= 0.6 is 0 Å². The highest BCUT2D eigenvalue weighted by Crippen LogP contribution is 2.27. The van der Waals surface area contributed by atoms with Crippen LogP contribution in [0.4, 0.5) is 0 Å². The molecule has 0 atom stereocenters. The molecule has 5 heteroatoms. The SMILES string of the molecule is CNC(=O)CN(C)C(=O)CNCC1CC1. The highest BCUT2D eigenvalue weighted by molar-refractivity contribution is 5.85. The largest absolute Gasteiger partial charge is 0.358 e. The first-order valence-corrected chi connectivity index (χ1v) is 5.28. The van der Waals surface area contributed by atoms with E-state index in [-0.39, 0.29) is 18.4 Å². The fourth-order valence-corrected chi connectivity index (χ4v) is 1.22. The van der Waals surface area contributed by atoms with Crippen molar-refractivity contribution in [3.63, 3.8) is 0 Å². The van der Waals surface area contributed by atoms with Crippen LogP contribution in [-0.2, 0) is 9.59 Å². The molecule has 0 unspecified atom stereocenters. The van der Waals surface area contributed by atoms with Crippen molar-refractivity contribution in [1.29, 1.82) is 0 Å². The average Bonchev–Trinajstić information content (AvgIpc) is 3.01. The first kappa shape index (κ1) is 12.0. The highest BCUT2D eigenvalue weighted by atomic mass is 16.2. The minimum atomic E-state index is -0.145. The molecule has 0 aromatic rings. The van der Waals surface area contributed by atoms with Crippen LogP contribution in [0.1, 0.15) is 12.8 Å². The van der Waals surface area contributed by atoms with Gasteiger partial charge in [-0.15, -0.1) is 0 Å². The summed E-state index contributed by atoms with van der Waals surface area (Å²) in [5, 5.41) is 5.58. The third kappa shape index (κ3) is 4.78. The van der Waals surface area contributed by atoms with Crippen molar-refractivity contribution >= 4 is 11.8 Å². The zero-order chi connectivity index (χ0) is 11.3. The number of nitrogens with zero attached hydrogens (tertiary/aromatic N) is 1. The predicted molar refractivity (Wildman–Crippen MR) is 57.3 cm³/mol. The molecule has 0 aromatic carbocycles. The Kier molecular flexibility index (Phi) is 4.55. The molecule has 0 saturated heterocycles. The number of rotatable bonds is 6. The topological polar surface area (TPSA) is 61.4 Å². The molecule has 15 heavy (non-hydrogen) atoms. The van der Waals surface area contributed by atoms with Gasteiger partial charge in [0.2, 0.25) is 11.8 Å². The Labute approximate surface area is 90.2 Å². The lowest BCUT2D eigenvalue weighted by Gasteiger charge is -2.16. The van der Waals surface area contributed by atoms with Crippen molar-refractivity contribution in [3.05, 3.63) is 0 Å². The number of amides is 2. The summed E-state index contributed by atoms with van der Waals surface area (Å²) in [6.45, 7) is 1.37. The number of likely N-dealkylation sites (N-methyl/N-ethyl adjacent to an activating group) is 2. The molecule has 2 amide bonds. The fraction of sp³-hybridized carbons (Fsp3) is 0.800. The van der Waals surface area contributed by atoms with E-state index in [1.165, 1.54) is 17.7 Å². The van der Waals surface area contributed by atoms with E-state index in [0.717, 1.165) is 12.5 Å². The Morgan fingerprint density at radius 2 is 2.07 bits per heavy atom. The Balaban J connectivity index is 2.10. The van der Waals surface area contributed by atoms with E-state index >= 15 is 0 Å². The Hall–Kier alpha value is -1.10. The fourth-order valence-electron chi connectivity index (χ4n) is 1.22. The van der Waals surface area contributed by atoms with Gasteiger partial charge in [-0.05, 0) is 25.3 Å². The Morgan fingerprint density at radius 3 is 2.60 bits per heavy atom. The van der Waals surface area contributed by atoms with Crippen LogP contribution in [-0.4, -0.2) is 50.4 Å². The van der Waals surface area contributed by atoms with Gasteiger partial charge in [0.05, 0.1) is 13.1 Å². The quantitative estimate of drug-likeness (QED) is 0.606. The maximum absolute atomic E-state index is 11.5. The average molecular weight is 213 g/mol. The summed E-state index contributed by atoms with van der Waals surface area (Å²) in [4.78, 5) is 23.9. The number of nitrogens with one attached hydrogen (secondary N) is 2. The van der Waals surface area contributed by atoms with E-state index in [1.807, 2.05) is 0 Å². The maximum Gasteiger partial charge on any atom is 0.239 e. The zero-order valence-electron chi connectivity index (χ0n) is 9.38. The van der Waals surface area contributed by atoms with Crippen molar-refractivity contribution < 1.29 is 9.59 Å². The first-order chi connectivity index (χ1) is 7.13. The second-order valence-corrected chi connectivity index (χ2v) is 4.00. The molecule has 86 valence electrons. The molecule has 0 aromatic heterocycles. The molecule has 2 N–H and O–H groups in total. The maximum atomic E-state index is 11.5. The van der Waals surface area contributed by atoms with Gasteiger partial charge in [-0.3, -0.25) is 9.59 Å². The predicted octanol–water partition coefficient (Wildman–Crippen LogP) is -0.810. The summed E-state index contributed by atoms with van der Waals surface area (Å²) in [6.07, 6.45) is 2.55. The molecule has 1 fully saturated rings. The molecule has 1 aliphatic rings. The van der Waals surface area contributed by atoms with E-state index < -0.39 is 0 Å². The van der Waals surface area contributed by atoms with Crippen LogP contribution in [0.15, 0.2) is 0 Å². The molecule has 0 bridgehead atoms. The second-order valence-electron chi connectivity index (χ2n) is 4.00. The van der Waals surface area contributed by atoms with Gasteiger partial charge in [-0.2, -0.15) is 0 Å². The molecular formula is C10H19N3O2. The molecule has 0 spiro atoms. The number of carbonyl (C=O) groups excluding carboxylic acids is 2. The molecule has 1 rings (SSSR count). The van der Waals surface area contributed by atoms with Crippen molar-refractivity contribution in [2.75, 3.05) is 33.7 Å². The highest BCUT2D eigenvalue weighted by Gasteiger charge is 2.21. The summed E-state index contributed by atoms with van der Waals surface area (Å²) in [7, 11) is 3.20. The third-order valence-electron chi connectivity index (χ3n) is 2.49. The molecule has 0 radical (unpaired) electrons. The molecule has 1 aliphatic carbocycles. The molecular weight excluding hydrogens is 194 g/mol. The van der Waals surface area contributed by atoms with Crippen LogP contribution in [0.2, 0.25) is 0 Å². The van der Waals surface area contributed by atoms with Crippen molar-refractivity contribution in [3.8, 4) is 0 Å². The van der Waals surface area contributed by atoms with Gasteiger partial charge in [0.1, 0.15) is 0 Å². The standard InChI is InChI=1S/C10H19N3O2/c1-11-9(14)7-13(2)10(15)6-12-5-8-3-4-8/h8,12H,3-7H2,1-2H3,(H,11,14). The van der Waals surface area contributed by atoms with E-state index in [0.29, 0.717) is 6.54 Å². The third-order valence-corrected chi connectivity index (χ3v) is 2.49. The van der Waals surface area contributed by atoms with Crippen molar-refractivity contribution in [2.24, 2.45) is 5.92 Å². The van der Waals surface area contributed by atoms with Crippen LogP contribution in [0, 0.1) is 5.92 Å². The monoisotopic (exact) mass is 213 g/mol. The zero-order valence-corrected chi connectivity index (χ0v) is 9.38. The van der Waals surface area contributed by atoms with Gasteiger partial charge in [0, 0.05) is 14.1 Å². The minimum absolute atomic E-state index is 0.0424. The van der Waals surface area contributed by atoms with Gasteiger partial charge in [0.25, 0.3) is 0 Å². The lowest BCUT2D eigenvalue weighted by atomic mass is 10.4. The number of hydrogen-bond acceptors (Lipinski definition) is 3. The van der Waals surface area contributed by atoms with Crippen LogP contribution in [0.3, 0.4) is 0 Å². The van der Waals surface area contributed by atoms with Crippen LogP contribution in [0.25, 0.3) is 0 Å². The molecule has 5 nitrogen and oxygen atoms in total.